The van der Waals surface area contributed by atoms with E-state index in [2.05, 4.69) is 23.8 Å². The Morgan fingerprint density at radius 3 is 2.09 bits per heavy atom. The smallest absolute Gasteiger partial charge is 0.159 e. The number of aromatic nitrogens is 2. The molecule has 2 atom stereocenters. The molecule has 0 unspecified atom stereocenters. The summed E-state index contributed by atoms with van der Waals surface area (Å²) in [4.78, 5) is 9.07. The number of aryl methyl sites for hydroxylation is 1. The zero-order valence-electron chi connectivity index (χ0n) is 21.4. The second-order valence-electron chi connectivity index (χ2n) is 9.43. The number of aliphatic hydroxyl groups excluding tert-OH is 1. The van der Waals surface area contributed by atoms with Crippen LogP contribution in [0.4, 0.5) is 4.39 Å². The Hall–Kier alpha value is -2.01. The first-order valence-electron chi connectivity index (χ1n) is 13.5. The zero-order valence-corrected chi connectivity index (χ0v) is 21.4. The molecule has 0 spiro atoms. The monoisotopic (exact) mass is 472 g/mol. The number of hydrogen-bond donors (Lipinski definition) is 1. The minimum Gasteiger partial charge on any atom is -0.493 e. The van der Waals surface area contributed by atoms with E-state index in [1.165, 1.54) is 56.9 Å². The SMILES string of the molecule is CCCCCCCCCCc1cnc(-c2ccc(OCC[C@H](F)C[C@@H](O)CCCC)cc2)nc1. The number of rotatable bonds is 19. The highest BCUT2D eigenvalue weighted by molar-refractivity contribution is 5.55. The van der Waals surface area contributed by atoms with Gasteiger partial charge in [-0.25, -0.2) is 14.4 Å². The molecule has 2 aromatic rings. The summed E-state index contributed by atoms with van der Waals surface area (Å²) in [6.45, 7) is 4.62. The molecule has 0 bridgehead atoms. The van der Waals surface area contributed by atoms with Crippen molar-refractivity contribution in [3.63, 3.8) is 0 Å². The third-order valence-corrected chi connectivity index (χ3v) is 6.26. The van der Waals surface area contributed by atoms with E-state index in [9.17, 15) is 9.50 Å². The lowest BCUT2D eigenvalue weighted by atomic mass is 10.1. The van der Waals surface area contributed by atoms with Gasteiger partial charge in [0.2, 0.25) is 0 Å². The van der Waals surface area contributed by atoms with E-state index in [1.807, 2.05) is 36.7 Å². The average Bonchev–Trinajstić information content (AvgIpc) is 2.85. The fourth-order valence-electron chi connectivity index (χ4n) is 4.07. The Labute approximate surface area is 206 Å². The quantitative estimate of drug-likeness (QED) is 0.211. The van der Waals surface area contributed by atoms with E-state index < -0.39 is 12.3 Å². The number of hydrogen-bond acceptors (Lipinski definition) is 4. The van der Waals surface area contributed by atoms with Gasteiger partial charge in [0.15, 0.2) is 5.82 Å². The van der Waals surface area contributed by atoms with Gasteiger partial charge in [0.05, 0.1) is 12.7 Å². The van der Waals surface area contributed by atoms with Gasteiger partial charge in [-0.05, 0) is 49.1 Å². The molecule has 0 aliphatic carbocycles. The van der Waals surface area contributed by atoms with Crippen LogP contribution in [0.25, 0.3) is 11.4 Å². The normalized spacial score (nSPS) is 13.1. The van der Waals surface area contributed by atoms with Crippen molar-refractivity contribution >= 4 is 0 Å². The predicted molar refractivity (Wildman–Crippen MR) is 139 cm³/mol. The molecule has 1 N–H and O–H groups in total. The van der Waals surface area contributed by atoms with Crippen molar-refractivity contribution in [2.45, 2.75) is 116 Å². The van der Waals surface area contributed by atoms with Crippen LogP contribution in [-0.4, -0.2) is 34.0 Å². The van der Waals surface area contributed by atoms with Gasteiger partial charge in [0.1, 0.15) is 11.9 Å². The molecule has 0 saturated heterocycles. The van der Waals surface area contributed by atoms with Crippen LogP contribution in [-0.2, 0) is 6.42 Å². The number of unbranched alkanes of at least 4 members (excludes halogenated alkanes) is 8. The van der Waals surface area contributed by atoms with Crippen molar-refractivity contribution in [3.8, 4) is 17.1 Å². The van der Waals surface area contributed by atoms with Crippen LogP contribution in [0.15, 0.2) is 36.7 Å². The molecule has 0 aliphatic rings. The minimum atomic E-state index is -1.04. The molecule has 0 fully saturated rings. The van der Waals surface area contributed by atoms with Gasteiger partial charge >= 0.3 is 0 Å². The maximum atomic E-state index is 14.0. The Balaban J connectivity index is 1.66. The molecule has 1 aromatic carbocycles. The summed E-state index contributed by atoms with van der Waals surface area (Å²) in [5, 5.41) is 9.83. The second-order valence-corrected chi connectivity index (χ2v) is 9.43. The highest BCUT2D eigenvalue weighted by atomic mass is 19.1. The van der Waals surface area contributed by atoms with Gasteiger partial charge in [-0.2, -0.15) is 0 Å². The minimum absolute atomic E-state index is 0.189. The average molecular weight is 473 g/mol. The molecule has 190 valence electrons. The molecular weight excluding hydrogens is 427 g/mol. The number of halogens is 1. The predicted octanol–water partition coefficient (Wildman–Crippen LogP) is 7.88. The number of alkyl halides is 1. The maximum Gasteiger partial charge on any atom is 0.159 e. The summed E-state index contributed by atoms with van der Waals surface area (Å²) in [5.41, 5.74) is 2.13. The summed E-state index contributed by atoms with van der Waals surface area (Å²) in [6, 6.07) is 7.61. The van der Waals surface area contributed by atoms with Gasteiger partial charge in [-0.1, -0.05) is 71.6 Å². The van der Waals surface area contributed by atoms with Gasteiger partial charge in [-0.3, -0.25) is 0 Å². The summed E-state index contributed by atoms with van der Waals surface area (Å²) < 4.78 is 19.7. The number of benzene rings is 1. The van der Waals surface area contributed by atoms with Crippen LogP contribution in [0, 0.1) is 0 Å². The van der Waals surface area contributed by atoms with Crippen molar-refractivity contribution in [1.82, 2.24) is 9.97 Å². The largest absolute Gasteiger partial charge is 0.493 e. The van der Waals surface area contributed by atoms with E-state index in [1.54, 1.807) is 0 Å². The summed E-state index contributed by atoms with van der Waals surface area (Å²) in [6.07, 6.45) is 17.0. The van der Waals surface area contributed by atoms with Crippen LogP contribution >= 0.6 is 0 Å². The molecule has 0 saturated carbocycles. The van der Waals surface area contributed by atoms with E-state index >= 15 is 0 Å². The first kappa shape index (κ1) is 28.2. The molecular formula is C29H45FN2O2. The van der Waals surface area contributed by atoms with Crippen LogP contribution in [0.2, 0.25) is 0 Å². The van der Waals surface area contributed by atoms with Crippen LogP contribution < -0.4 is 4.74 Å². The van der Waals surface area contributed by atoms with Crippen molar-refractivity contribution in [2.24, 2.45) is 0 Å². The third kappa shape index (κ3) is 11.9. The fraction of sp³-hybridized carbons (Fsp3) is 0.655. The summed E-state index contributed by atoms with van der Waals surface area (Å²) in [7, 11) is 0. The van der Waals surface area contributed by atoms with Gasteiger partial charge in [0, 0.05) is 30.8 Å². The highest BCUT2D eigenvalue weighted by Gasteiger charge is 2.13. The highest BCUT2D eigenvalue weighted by Crippen LogP contribution is 2.20. The lowest BCUT2D eigenvalue weighted by Crippen LogP contribution is -2.16. The molecule has 2 rings (SSSR count). The molecule has 34 heavy (non-hydrogen) atoms. The van der Waals surface area contributed by atoms with E-state index in [-0.39, 0.29) is 12.8 Å². The van der Waals surface area contributed by atoms with E-state index in [0.29, 0.717) is 24.6 Å². The Morgan fingerprint density at radius 2 is 1.44 bits per heavy atom. The van der Waals surface area contributed by atoms with Crippen molar-refractivity contribution in [1.29, 1.82) is 0 Å². The zero-order chi connectivity index (χ0) is 24.4. The molecule has 0 radical (unpaired) electrons. The topological polar surface area (TPSA) is 55.2 Å². The van der Waals surface area contributed by atoms with Gasteiger partial charge < -0.3 is 9.84 Å². The van der Waals surface area contributed by atoms with Gasteiger partial charge in [-0.15, -0.1) is 0 Å². The number of nitrogens with zero attached hydrogens (tertiary/aromatic N) is 2. The fourth-order valence-corrected chi connectivity index (χ4v) is 4.07. The third-order valence-electron chi connectivity index (χ3n) is 6.26. The maximum absolute atomic E-state index is 14.0. The molecule has 0 amide bonds. The first-order chi connectivity index (χ1) is 16.6. The molecule has 0 aliphatic heterocycles. The molecule has 5 heteroatoms. The Bertz CT molecular complexity index is 752. The van der Waals surface area contributed by atoms with Crippen molar-refractivity contribution in [2.75, 3.05) is 6.61 Å². The number of aliphatic hydroxyl groups is 1. The Kier molecular flexibility index (Phi) is 14.5. The Morgan fingerprint density at radius 1 is 0.824 bits per heavy atom. The van der Waals surface area contributed by atoms with Crippen LogP contribution in [0.1, 0.15) is 103 Å². The van der Waals surface area contributed by atoms with Crippen LogP contribution in [0.5, 0.6) is 5.75 Å². The lowest BCUT2D eigenvalue weighted by Gasteiger charge is -2.14. The molecule has 1 heterocycles. The lowest BCUT2D eigenvalue weighted by molar-refractivity contribution is 0.106. The molecule has 4 nitrogen and oxygen atoms in total. The number of ether oxygens (including phenoxy) is 1. The van der Waals surface area contributed by atoms with Crippen molar-refractivity contribution in [3.05, 3.63) is 42.2 Å². The summed E-state index contributed by atoms with van der Waals surface area (Å²) >= 11 is 0. The van der Waals surface area contributed by atoms with Gasteiger partial charge in [0.25, 0.3) is 0 Å². The molecule has 1 aromatic heterocycles. The standard InChI is InChI=1S/C29H45FN2O2/c1-3-5-7-8-9-10-11-12-13-24-22-31-29(32-23-24)25-15-17-28(18-16-25)34-20-19-26(30)21-27(33)14-6-4-2/h15-18,22-23,26-27,33H,3-14,19-21H2,1-2H3/t26-,27-/m0/s1. The second kappa shape index (κ2) is 17.4. The van der Waals surface area contributed by atoms with E-state index in [4.69, 9.17) is 4.74 Å². The van der Waals surface area contributed by atoms with Crippen LogP contribution in [0.3, 0.4) is 0 Å². The van der Waals surface area contributed by atoms with Crippen molar-refractivity contribution < 1.29 is 14.2 Å². The first-order valence-corrected chi connectivity index (χ1v) is 13.5. The summed E-state index contributed by atoms with van der Waals surface area (Å²) in [5.74, 6) is 1.41. The van der Waals surface area contributed by atoms with E-state index in [0.717, 1.165) is 24.8 Å².